The fraction of sp³-hybridized carbons (Fsp3) is 0.930. The van der Waals surface area contributed by atoms with Gasteiger partial charge < -0.3 is 14.2 Å². The van der Waals surface area contributed by atoms with Crippen molar-refractivity contribution in [1.29, 1.82) is 0 Å². The molecule has 0 heterocycles. The van der Waals surface area contributed by atoms with Gasteiger partial charge in [-0.25, -0.2) is 0 Å². The molecule has 0 aliphatic carbocycles. The molecule has 0 spiro atoms. The second kappa shape index (κ2) is 66.7. The van der Waals surface area contributed by atoms with Crippen LogP contribution in [0.25, 0.3) is 0 Å². The van der Waals surface area contributed by atoms with Gasteiger partial charge in [-0.2, -0.15) is 0 Å². The monoisotopic (exact) mass is 1090 g/mol. The van der Waals surface area contributed by atoms with Crippen LogP contribution in [0.4, 0.5) is 0 Å². The minimum Gasteiger partial charge on any atom is -0.462 e. The molecule has 1 unspecified atom stereocenters. The zero-order valence-electron chi connectivity index (χ0n) is 52.5. The van der Waals surface area contributed by atoms with E-state index in [-0.39, 0.29) is 31.1 Å². The summed E-state index contributed by atoms with van der Waals surface area (Å²) in [5.74, 6) is -0.842. The van der Waals surface area contributed by atoms with Crippen molar-refractivity contribution < 1.29 is 28.6 Å². The maximum Gasteiger partial charge on any atom is 0.306 e. The number of hydrogen-bond donors (Lipinski definition) is 0. The second-order valence-corrected chi connectivity index (χ2v) is 24.2. The highest BCUT2D eigenvalue weighted by Crippen LogP contribution is 2.19. The summed E-state index contributed by atoms with van der Waals surface area (Å²) in [6, 6.07) is 0. The number of rotatable bonds is 66. The normalized spacial score (nSPS) is 12.0. The van der Waals surface area contributed by atoms with Crippen molar-refractivity contribution in [3.8, 4) is 0 Å². The summed E-state index contributed by atoms with van der Waals surface area (Å²) >= 11 is 0. The van der Waals surface area contributed by atoms with E-state index in [1.165, 1.54) is 308 Å². The molecule has 6 nitrogen and oxygen atoms in total. The Bertz CT molecular complexity index is 1200. The third-order valence-electron chi connectivity index (χ3n) is 16.3. The Hall–Kier alpha value is -1.85. The molecule has 0 aromatic carbocycles. The van der Waals surface area contributed by atoms with Crippen LogP contribution in [0.3, 0.4) is 0 Å². The van der Waals surface area contributed by atoms with E-state index in [1.54, 1.807) is 0 Å². The fourth-order valence-corrected chi connectivity index (χ4v) is 11.0. The summed E-state index contributed by atoms with van der Waals surface area (Å²) in [5, 5.41) is 0. The van der Waals surface area contributed by atoms with Crippen molar-refractivity contribution in [3.63, 3.8) is 0 Å². The van der Waals surface area contributed by atoms with Crippen LogP contribution in [0.5, 0.6) is 0 Å². The highest BCUT2D eigenvalue weighted by Gasteiger charge is 2.19. The van der Waals surface area contributed by atoms with Crippen molar-refractivity contribution in [1.82, 2.24) is 0 Å². The van der Waals surface area contributed by atoms with E-state index in [9.17, 15) is 14.4 Å². The number of unbranched alkanes of at least 4 members (excludes halogenated alkanes) is 53. The lowest BCUT2D eigenvalue weighted by Gasteiger charge is -2.18. The van der Waals surface area contributed by atoms with Crippen LogP contribution in [0.2, 0.25) is 0 Å². The zero-order valence-corrected chi connectivity index (χ0v) is 52.5. The number of allylic oxidation sites excluding steroid dienone is 2. The van der Waals surface area contributed by atoms with Crippen LogP contribution in [-0.2, 0) is 28.6 Å². The molecule has 77 heavy (non-hydrogen) atoms. The van der Waals surface area contributed by atoms with E-state index in [0.717, 1.165) is 57.8 Å². The average Bonchev–Trinajstić information content (AvgIpc) is 3.43. The molecular weight excluding hydrogens is 949 g/mol. The Morgan fingerprint density at radius 3 is 0.649 bits per heavy atom. The highest BCUT2D eigenvalue weighted by atomic mass is 16.6. The SMILES string of the molecule is CCCCCCCCCC/C=C\CCCCCCCCCCCCCCCCCCCC(=O)OCC(COC(=O)CCCCCCCC)OC(=O)CCCCCCCCCCCCCCCCCCCCCCCCCC. The number of hydrogen-bond acceptors (Lipinski definition) is 6. The van der Waals surface area contributed by atoms with Crippen molar-refractivity contribution >= 4 is 17.9 Å². The number of ether oxygens (including phenoxy) is 3. The van der Waals surface area contributed by atoms with Gasteiger partial charge in [0.25, 0.3) is 0 Å². The lowest BCUT2D eigenvalue weighted by atomic mass is 10.0. The van der Waals surface area contributed by atoms with Gasteiger partial charge in [0.1, 0.15) is 13.2 Å². The van der Waals surface area contributed by atoms with Gasteiger partial charge in [0.15, 0.2) is 6.10 Å². The predicted octanol–water partition coefficient (Wildman–Crippen LogP) is 24.0. The van der Waals surface area contributed by atoms with Crippen LogP contribution in [0.1, 0.15) is 406 Å². The molecule has 6 heteroatoms. The van der Waals surface area contributed by atoms with Gasteiger partial charge in [-0.3, -0.25) is 14.4 Å². The molecule has 0 N–H and O–H groups in total. The first kappa shape index (κ1) is 75.2. The standard InChI is InChI=1S/C71H136O6/c1-4-7-10-13-16-18-20-22-24-26-28-30-32-34-35-36-37-38-40-41-43-45-47-49-51-53-55-58-61-64-70(73)76-67-68(66-75-69(72)63-60-57-15-12-9-6-3)77-71(74)65-62-59-56-54-52-50-48-46-44-42-39-33-31-29-27-25-23-21-19-17-14-11-8-5-2/h26,28,68H,4-25,27,29-67H2,1-3H3/b28-26-. The van der Waals surface area contributed by atoms with Gasteiger partial charge in [0.05, 0.1) is 0 Å². The maximum absolute atomic E-state index is 12.9. The largest absolute Gasteiger partial charge is 0.462 e. The Morgan fingerprint density at radius 2 is 0.429 bits per heavy atom. The first-order valence-electron chi connectivity index (χ1n) is 35.2. The Morgan fingerprint density at radius 1 is 0.247 bits per heavy atom. The lowest BCUT2D eigenvalue weighted by molar-refractivity contribution is -0.167. The quantitative estimate of drug-likeness (QED) is 0.0261. The van der Waals surface area contributed by atoms with E-state index in [2.05, 4.69) is 32.9 Å². The molecule has 0 radical (unpaired) electrons. The minimum absolute atomic E-state index is 0.0634. The molecule has 456 valence electrons. The zero-order chi connectivity index (χ0) is 55.7. The van der Waals surface area contributed by atoms with Crippen molar-refractivity contribution in [2.24, 2.45) is 0 Å². The van der Waals surface area contributed by atoms with Crippen LogP contribution in [0, 0.1) is 0 Å². The molecule has 1 atom stereocenters. The summed E-state index contributed by atoms with van der Waals surface area (Å²) in [7, 11) is 0. The van der Waals surface area contributed by atoms with Gasteiger partial charge in [0, 0.05) is 19.3 Å². The van der Waals surface area contributed by atoms with Gasteiger partial charge in [-0.1, -0.05) is 354 Å². The third kappa shape index (κ3) is 64.9. The maximum atomic E-state index is 12.9. The van der Waals surface area contributed by atoms with Crippen LogP contribution < -0.4 is 0 Å². The Kier molecular flexibility index (Phi) is 65.1. The lowest BCUT2D eigenvalue weighted by Crippen LogP contribution is -2.30. The Balaban J connectivity index is 3.95. The molecule has 0 bridgehead atoms. The second-order valence-electron chi connectivity index (χ2n) is 24.2. The summed E-state index contributed by atoms with van der Waals surface area (Å²) < 4.78 is 16.9. The van der Waals surface area contributed by atoms with Crippen LogP contribution in [0.15, 0.2) is 12.2 Å². The molecule has 0 amide bonds. The summed E-state index contributed by atoms with van der Waals surface area (Å²) in [6.45, 7) is 6.66. The molecular formula is C71H136O6. The van der Waals surface area contributed by atoms with Gasteiger partial charge in [0.2, 0.25) is 0 Å². The third-order valence-corrected chi connectivity index (χ3v) is 16.3. The fourth-order valence-electron chi connectivity index (χ4n) is 11.0. The first-order chi connectivity index (χ1) is 38.0. The number of esters is 3. The van der Waals surface area contributed by atoms with Crippen LogP contribution >= 0.6 is 0 Å². The topological polar surface area (TPSA) is 78.9 Å². The first-order valence-corrected chi connectivity index (χ1v) is 35.2. The molecule has 0 saturated carbocycles. The summed E-state index contributed by atoms with van der Waals surface area (Å²) in [5.41, 5.74) is 0. The van der Waals surface area contributed by atoms with E-state index in [1.807, 2.05) is 0 Å². The minimum atomic E-state index is -0.763. The van der Waals surface area contributed by atoms with E-state index in [0.29, 0.717) is 19.3 Å². The van der Waals surface area contributed by atoms with E-state index in [4.69, 9.17) is 14.2 Å². The number of carbonyl (C=O) groups is 3. The summed E-state index contributed by atoms with van der Waals surface area (Å²) in [6.07, 6.45) is 80.1. The van der Waals surface area contributed by atoms with Crippen molar-refractivity contribution in [3.05, 3.63) is 12.2 Å². The molecule has 0 aliphatic rings. The van der Waals surface area contributed by atoms with Gasteiger partial charge >= 0.3 is 17.9 Å². The molecule has 0 aromatic heterocycles. The van der Waals surface area contributed by atoms with Crippen molar-refractivity contribution in [2.45, 2.75) is 412 Å². The highest BCUT2D eigenvalue weighted by molar-refractivity contribution is 5.71. The molecule has 0 fully saturated rings. The smallest absolute Gasteiger partial charge is 0.306 e. The van der Waals surface area contributed by atoms with E-state index < -0.39 is 6.10 Å². The summed E-state index contributed by atoms with van der Waals surface area (Å²) in [4.78, 5) is 38.1. The number of carbonyl (C=O) groups excluding carboxylic acids is 3. The average molecular weight is 1090 g/mol. The van der Waals surface area contributed by atoms with Gasteiger partial charge in [-0.05, 0) is 44.9 Å². The predicted molar refractivity (Wildman–Crippen MR) is 335 cm³/mol. The molecule has 0 aromatic rings. The van der Waals surface area contributed by atoms with Gasteiger partial charge in [-0.15, -0.1) is 0 Å². The van der Waals surface area contributed by atoms with E-state index >= 15 is 0 Å². The molecule has 0 saturated heterocycles. The molecule has 0 rings (SSSR count). The van der Waals surface area contributed by atoms with Crippen molar-refractivity contribution in [2.75, 3.05) is 13.2 Å². The molecule has 0 aliphatic heterocycles. The van der Waals surface area contributed by atoms with Crippen LogP contribution in [-0.4, -0.2) is 37.2 Å². The Labute approximate surface area is 481 Å².